The maximum absolute atomic E-state index is 11.1. The van der Waals surface area contributed by atoms with Crippen molar-refractivity contribution < 1.29 is 4.92 Å². The molecule has 1 N–H and O–H groups in total. The second-order valence-corrected chi connectivity index (χ2v) is 5.87. The molecule has 0 unspecified atom stereocenters. The third kappa shape index (κ3) is 4.51. The quantitative estimate of drug-likeness (QED) is 0.410. The van der Waals surface area contributed by atoms with Crippen LogP contribution in [-0.2, 0) is 0 Å². The number of aliphatic imine (C=N–C) groups is 1. The summed E-state index contributed by atoms with van der Waals surface area (Å²) in [5.41, 5.74) is 1.21. The van der Waals surface area contributed by atoms with Crippen LogP contribution in [0.5, 0.6) is 0 Å². The molecule has 0 bridgehead atoms. The van der Waals surface area contributed by atoms with Crippen LogP contribution < -0.4 is 5.32 Å². The van der Waals surface area contributed by atoms with Gasteiger partial charge in [-0.25, -0.2) is 4.99 Å². The third-order valence-corrected chi connectivity index (χ3v) is 4.01. The van der Waals surface area contributed by atoms with Crippen molar-refractivity contribution >= 4 is 49.4 Å². The maximum Gasteiger partial charge on any atom is 0.303 e. The Hall–Kier alpha value is -1.99. The second kappa shape index (κ2) is 7.86. The molecule has 0 radical (unpaired) electrons. The van der Waals surface area contributed by atoms with E-state index in [4.69, 9.17) is 0 Å². The van der Waals surface area contributed by atoms with Gasteiger partial charge in [-0.05, 0) is 56.1 Å². The highest BCUT2D eigenvalue weighted by Gasteiger charge is 2.08. The summed E-state index contributed by atoms with van der Waals surface area (Å²) in [5, 5.41) is 14.0. The van der Waals surface area contributed by atoms with Gasteiger partial charge < -0.3 is 5.32 Å². The smallest absolute Gasteiger partial charge is 0.303 e. The van der Waals surface area contributed by atoms with Gasteiger partial charge in [0.2, 0.25) is 0 Å². The first kappa shape index (κ1) is 16.4. The fourth-order valence-corrected chi connectivity index (χ4v) is 2.35. The van der Waals surface area contributed by atoms with Gasteiger partial charge >= 0.3 is 5.70 Å². The fourth-order valence-electron chi connectivity index (χ4n) is 1.56. The van der Waals surface area contributed by atoms with Crippen LogP contribution >= 0.6 is 31.9 Å². The Balaban J connectivity index is 2.20. The summed E-state index contributed by atoms with van der Waals surface area (Å²) in [5.74, 6) is 0. The lowest BCUT2D eigenvalue weighted by Crippen LogP contribution is -2.03. The average Bonchev–Trinajstić information content (AvgIpc) is 2.50. The number of anilines is 1. The molecule has 0 fully saturated rings. The van der Waals surface area contributed by atoms with E-state index in [1.165, 1.54) is 12.4 Å². The Morgan fingerprint density at radius 3 is 2.36 bits per heavy atom. The summed E-state index contributed by atoms with van der Waals surface area (Å²) >= 11 is 6.71. The Morgan fingerprint density at radius 1 is 1.09 bits per heavy atom. The van der Waals surface area contributed by atoms with Crippen LogP contribution in [0.4, 0.5) is 11.4 Å². The zero-order valence-corrected chi connectivity index (χ0v) is 14.4. The first-order valence-electron chi connectivity index (χ1n) is 6.22. The van der Waals surface area contributed by atoms with Gasteiger partial charge in [-0.2, -0.15) is 0 Å². The van der Waals surface area contributed by atoms with Crippen molar-refractivity contribution in [3.63, 3.8) is 0 Å². The first-order chi connectivity index (χ1) is 10.6. The average molecular weight is 425 g/mol. The molecule has 7 heteroatoms. The van der Waals surface area contributed by atoms with Crippen LogP contribution in [-0.4, -0.2) is 11.1 Å². The van der Waals surface area contributed by atoms with Gasteiger partial charge in [-0.3, -0.25) is 10.1 Å². The van der Waals surface area contributed by atoms with Crippen molar-refractivity contribution in [3.8, 4) is 0 Å². The molecule has 0 aromatic heterocycles. The lowest BCUT2D eigenvalue weighted by Gasteiger charge is -2.02. The van der Waals surface area contributed by atoms with Crippen molar-refractivity contribution in [2.45, 2.75) is 0 Å². The van der Waals surface area contributed by atoms with Crippen molar-refractivity contribution in [2.75, 3.05) is 5.32 Å². The molecule has 0 amide bonds. The van der Waals surface area contributed by atoms with Crippen LogP contribution in [0.2, 0.25) is 0 Å². The molecule has 0 saturated carbocycles. The number of rotatable bonds is 5. The Kier molecular flexibility index (Phi) is 5.85. The molecule has 2 rings (SSSR count). The molecule has 2 aromatic carbocycles. The van der Waals surface area contributed by atoms with Gasteiger partial charge in [-0.15, -0.1) is 0 Å². The normalized spacial score (nSPS) is 11.6. The van der Waals surface area contributed by atoms with Crippen molar-refractivity contribution in [3.05, 3.63) is 79.5 Å². The highest BCUT2D eigenvalue weighted by atomic mass is 79.9. The van der Waals surface area contributed by atoms with Gasteiger partial charge in [-0.1, -0.05) is 24.3 Å². The van der Waals surface area contributed by atoms with Crippen LogP contribution in [0.1, 0.15) is 0 Å². The molecular weight excluding hydrogens is 414 g/mol. The predicted octanol–water partition coefficient (Wildman–Crippen LogP) is 5.14. The standard InChI is InChI=1S/C15H11Br2N3O2/c16-12-5-1-3-7-14(12)18-9-11(20(21)22)10-19-15-8-4-2-6-13(15)17/h1-10,18H. The van der Waals surface area contributed by atoms with Gasteiger partial charge in [0.05, 0.1) is 22.5 Å². The van der Waals surface area contributed by atoms with E-state index in [9.17, 15) is 10.1 Å². The number of benzene rings is 2. The zero-order valence-electron chi connectivity index (χ0n) is 11.2. The van der Waals surface area contributed by atoms with Gasteiger partial charge in [0.25, 0.3) is 0 Å². The predicted molar refractivity (Wildman–Crippen MR) is 95.1 cm³/mol. The largest absolute Gasteiger partial charge is 0.355 e. The summed E-state index contributed by atoms with van der Waals surface area (Å²) in [6.07, 6.45) is 2.52. The van der Waals surface area contributed by atoms with E-state index in [0.29, 0.717) is 5.69 Å². The summed E-state index contributed by atoms with van der Waals surface area (Å²) in [6, 6.07) is 14.6. The Bertz CT molecular complexity index is 745. The lowest BCUT2D eigenvalue weighted by atomic mass is 10.3. The number of allylic oxidation sites excluding steroid dienone is 1. The zero-order chi connectivity index (χ0) is 15.9. The fraction of sp³-hybridized carbons (Fsp3) is 0. The van der Waals surface area contributed by atoms with E-state index in [-0.39, 0.29) is 5.70 Å². The molecule has 2 aromatic rings. The Labute approximate surface area is 144 Å². The molecule has 5 nitrogen and oxygen atoms in total. The molecule has 0 heterocycles. The van der Waals surface area contributed by atoms with Crippen molar-refractivity contribution in [1.29, 1.82) is 0 Å². The summed E-state index contributed by atoms with van der Waals surface area (Å²) < 4.78 is 1.59. The van der Waals surface area contributed by atoms with Crippen molar-refractivity contribution in [2.24, 2.45) is 4.99 Å². The van der Waals surface area contributed by atoms with Crippen LogP contribution in [0, 0.1) is 10.1 Å². The maximum atomic E-state index is 11.1. The molecule has 0 aliphatic heterocycles. The van der Waals surface area contributed by atoms with Gasteiger partial charge in [0, 0.05) is 8.95 Å². The van der Waals surface area contributed by atoms with E-state index in [0.717, 1.165) is 14.6 Å². The molecular formula is C15H11Br2N3O2. The molecule has 22 heavy (non-hydrogen) atoms. The minimum atomic E-state index is -0.496. The molecule has 0 spiro atoms. The second-order valence-electron chi connectivity index (χ2n) is 4.16. The highest BCUT2D eigenvalue weighted by Crippen LogP contribution is 2.24. The lowest BCUT2D eigenvalue weighted by molar-refractivity contribution is -0.414. The topological polar surface area (TPSA) is 67.5 Å². The van der Waals surface area contributed by atoms with Crippen LogP contribution in [0.25, 0.3) is 0 Å². The number of para-hydroxylation sites is 2. The molecule has 0 saturated heterocycles. The minimum Gasteiger partial charge on any atom is -0.355 e. The summed E-state index contributed by atoms with van der Waals surface area (Å²) in [4.78, 5) is 14.7. The first-order valence-corrected chi connectivity index (χ1v) is 7.81. The number of hydrogen-bond donors (Lipinski definition) is 1. The number of nitrogens with zero attached hydrogens (tertiary/aromatic N) is 2. The number of nitrogens with one attached hydrogen (secondary N) is 1. The van der Waals surface area contributed by atoms with Gasteiger partial charge in [0.15, 0.2) is 0 Å². The van der Waals surface area contributed by atoms with Gasteiger partial charge in [0.1, 0.15) is 6.21 Å². The third-order valence-electron chi connectivity index (χ3n) is 2.65. The van der Waals surface area contributed by atoms with Crippen LogP contribution in [0.15, 0.2) is 74.4 Å². The van der Waals surface area contributed by atoms with E-state index in [1.807, 2.05) is 42.5 Å². The summed E-state index contributed by atoms with van der Waals surface area (Å²) in [6.45, 7) is 0. The number of halogens is 2. The highest BCUT2D eigenvalue weighted by molar-refractivity contribution is 9.11. The monoisotopic (exact) mass is 423 g/mol. The number of hydrogen-bond acceptors (Lipinski definition) is 4. The Morgan fingerprint density at radius 2 is 1.73 bits per heavy atom. The molecule has 0 atom stereocenters. The number of nitro groups is 1. The SMILES string of the molecule is O=[N+]([O-])C(C=Nc1ccccc1Br)=CNc1ccccc1Br. The van der Waals surface area contributed by atoms with E-state index in [1.54, 1.807) is 6.07 Å². The van der Waals surface area contributed by atoms with E-state index < -0.39 is 4.92 Å². The van der Waals surface area contributed by atoms with Crippen molar-refractivity contribution in [1.82, 2.24) is 0 Å². The summed E-state index contributed by atoms with van der Waals surface area (Å²) in [7, 11) is 0. The minimum absolute atomic E-state index is 0.147. The molecule has 112 valence electrons. The molecule has 0 aliphatic rings. The molecule has 0 aliphatic carbocycles. The van der Waals surface area contributed by atoms with Crippen LogP contribution in [0.3, 0.4) is 0 Å². The van der Waals surface area contributed by atoms with E-state index >= 15 is 0 Å². The van der Waals surface area contributed by atoms with E-state index in [2.05, 4.69) is 42.2 Å².